The van der Waals surface area contributed by atoms with Crippen LogP contribution in [0.25, 0.3) is 0 Å². The average Bonchev–Trinajstić information content (AvgIpc) is 3.54. The molecule has 0 bridgehead atoms. The smallest absolute Gasteiger partial charge is 0.410 e. The summed E-state index contributed by atoms with van der Waals surface area (Å²) < 4.78 is 19.0. The molecule has 0 N–H and O–H groups in total. The zero-order valence-corrected chi connectivity index (χ0v) is 19.6. The third-order valence-corrected chi connectivity index (χ3v) is 7.16. The summed E-state index contributed by atoms with van der Waals surface area (Å²) in [6, 6.07) is 17.8. The summed E-state index contributed by atoms with van der Waals surface area (Å²) in [5.41, 5.74) is 2.33. The molecule has 2 fully saturated rings. The van der Waals surface area contributed by atoms with E-state index in [-0.39, 0.29) is 17.3 Å². The van der Waals surface area contributed by atoms with E-state index >= 15 is 0 Å². The third kappa shape index (κ3) is 5.90. The Bertz CT molecular complexity index is 895. The Morgan fingerprint density at radius 1 is 1.06 bits per heavy atom. The first kappa shape index (κ1) is 22.8. The number of nitrogens with zero attached hydrogens (tertiary/aromatic N) is 1. The van der Waals surface area contributed by atoms with E-state index in [1.807, 2.05) is 37.8 Å². The molecule has 3 nitrogen and oxygen atoms in total. The molecule has 0 spiro atoms. The molecule has 1 aliphatic carbocycles. The Kier molecular flexibility index (Phi) is 6.60. The summed E-state index contributed by atoms with van der Waals surface area (Å²) >= 11 is 0. The van der Waals surface area contributed by atoms with Crippen molar-refractivity contribution in [3.05, 3.63) is 71.5 Å². The minimum absolute atomic E-state index is 0.153. The fourth-order valence-electron chi connectivity index (χ4n) is 5.21. The number of piperidine rings is 1. The van der Waals surface area contributed by atoms with Gasteiger partial charge in [0.05, 0.1) is 0 Å². The molecule has 1 aliphatic heterocycles. The average molecular weight is 438 g/mol. The monoisotopic (exact) mass is 437 g/mol. The van der Waals surface area contributed by atoms with Crippen LogP contribution >= 0.6 is 0 Å². The number of carbonyl (C=O) groups excluding carboxylic acids is 1. The van der Waals surface area contributed by atoms with E-state index in [0.29, 0.717) is 5.92 Å². The highest BCUT2D eigenvalue weighted by Gasteiger charge is 2.42. The molecular formula is C28H36FNO2. The van der Waals surface area contributed by atoms with Crippen LogP contribution in [-0.4, -0.2) is 29.7 Å². The highest BCUT2D eigenvalue weighted by Crippen LogP contribution is 2.52. The van der Waals surface area contributed by atoms with Gasteiger partial charge in [-0.25, -0.2) is 9.18 Å². The Labute approximate surface area is 192 Å². The summed E-state index contributed by atoms with van der Waals surface area (Å²) in [6.45, 7) is 7.18. The maximum absolute atomic E-state index is 13.4. The molecule has 4 rings (SSSR count). The Morgan fingerprint density at radius 2 is 1.72 bits per heavy atom. The molecule has 172 valence electrons. The van der Waals surface area contributed by atoms with Gasteiger partial charge in [0.2, 0.25) is 0 Å². The van der Waals surface area contributed by atoms with Gasteiger partial charge in [-0.15, -0.1) is 0 Å². The van der Waals surface area contributed by atoms with E-state index in [0.717, 1.165) is 44.7 Å². The molecule has 32 heavy (non-hydrogen) atoms. The third-order valence-electron chi connectivity index (χ3n) is 7.16. The first-order valence-corrected chi connectivity index (χ1v) is 12.0. The quantitative estimate of drug-likeness (QED) is 0.488. The SMILES string of the molecule is CC(C)(C)OC(=O)N1CCC(CC[C@@H]2CC2c2ccccc2)(Cc2ccc(F)cc2)CC1. The maximum atomic E-state index is 13.4. The molecule has 2 aliphatic rings. The van der Waals surface area contributed by atoms with Crippen LogP contribution < -0.4 is 0 Å². The first-order valence-electron chi connectivity index (χ1n) is 12.0. The van der Waals surface area contributed by atoms with Crippen LogP contribution in [0.1, 0.15) is 69.9 Å². The number of amides is 1. The van der Waals surface area contributed by atoms with Crippen LogP contribution in [0, 0.1) is 17.2 Å². The van der Waals surface area contributed by atoms with Crippen LogP contribution in [0.2, 0.25) is 0 Å². The van der Waals surface area contributed by atoms with Crippen molar-refractivity contribution >= 4 is 6.09 Å². The highest BCUT2D eigenvalue weighted by atomic mass is 19.1. The van der Waals surface area contributed by atoms with Crippen molar-refractivity contribution in [2.75, 3.05) is 13.1 Å². The van der Waals surface area contributed by atoms with Crippen molar-refractivity contribution < 1.29 is 13.9 Å². The minimum atomic E-state index is -0.474. The number of likely N-dealkylation sites (tertiary alicyclic amines) is 1. The normalized spacial score (nSPS) is 22.4. The van der Waals surface area contributed by atoms with Gasteiger partial charge < -0.3 is 9.64 Å². The molecule has 2 atom stereocenters. The topological polar surface area (TPSA) is 29.5 Å². The lowest BCUT2D eigenvalue weighted by Gasteiger charge is -2.42. The van der Waals surface area contributed by atoms with Crippen LogP contribution in [0.3, 0.4) is 0 Å². The van der Waals surface area contributed by atoms with E-state index in [1.54, 1.807) is 12.1 Å². The van der Waals surface area contributed by atoms with Gasteiger partial charge in [-0.3, -0.25) is 0 Å². The minimum Gasteiger partial charge on any atom is -0.444 e. The first-order chi connectivity index (χ1) is 15.2. The van der Waals surface area contributed by atoms with Gasteiger partial charge in [-0.1, -0.05) is 42.5 Å². The van der Waals surface area contributed by atoms with Crippen LogP contribution in [-0.2, 0) is 11.2 Å². The fourth-order valence-corrected chi connectivity index (χ4v) is 5.21. The number of rotatable bonds is 6. The van der Waals surface area contributed by atoms with E-state index in [9.17, 15) is 9.18 Å². The van der Waals surface area contributed by atoms with Crippen molar-refractivity contribution in [1.82, 2.24) is 4.90 Å². The van der Waals surface area contributed by atoms with Gasteiger partial charge in [0.15, 0.2) is 0 Å². The van der Waals surface area contributed by atoms with Crippen molar-refractivity contribution in [1.29, 1.82) is 0 Å². The zero-order chi connectivity index (χ0) is 22.8. The highest BCUT2D eigenvalue weighted by molar-refractivity contribution is 5.68. The summed E-state index contributed by atoms with van der Waals surface area (Å²) in [7, 11) is 0. The van der Waals surface area contributed by atoms with E-state index in [1.165, 1.54) is 24.0 Å². The molecule has 1 amide bonds. The van der Waals surface area contributed by atoms with Gasteiger partial charge >= 0.3 is 6.09 Å². The Hall–Kier alpha value is -2.36. The molecule has 1 saturated carbocycles. The molecule has 4 heteroatoms. The zero-order valence-electron chi connectivity index (χ0n) is 19.6. The largest absolute Gasteiger partial charge is 0.444 e. The second-order valence-electron chi connectivity index (χ2n) is 10.8. The van der Waals surface area contributed by atoms with Gasteiger partial charge in [0, 0.05) is 13.1 Å². The number of hydrogen-bond donors (Lipinski definition) is 0. The molecule has 1 saturated heterocycles. The Morgan fingerprint density at radius 3 is 2.34 bits per heavy atom. The molecule has 2 aromatic carbocycles. The standard InChI is InChI=1S/C28H36FNO2/c1-27(2,3)32-26(31)30-17-15-28(16-18-30,20-21-9-11-24(29)12-10-21)14-13-23-19-25(23)22-7-5-4-6-8-22/h4-12,23,25H,13-20H2,1-3H3/t23-,25?/m1/s1. The molecule has 0 radical (unpaired) electrons. The molecular weight excluding hydrogens is 401 g/mol. The number of benzene rings is 2. The Balaban J connectivity index is 1.40. The number of carbonyl (C=O) groups is 1. The number of hydrogen-bond acceptors (Lipinski definition) is 2. The van der Waals surface area contributed by atoms with Gasteiger partial charge in [0.25, 0.3) is 0 Å². The van der Waals surface area contributed by atoms with E-state index in [4.69, 9.17) is 4.74 Å². The van der Waals surface area contributed by atoms with E-state index < -0.39 is 5.60 Å². The van der Waals surface area contributed by atoms with E-state index in [2.05, 4.69) is 30.3 Å². The summed E-state index contributed by atoms with van der Waals surface area (Å²) in [5.74, 6) is 1.26. The summed E-state index contributed by atoms with van der Waals surface area (Å²) in [5, 5.41) is 0. The maximum Gasteiger partial charge on any atom is 0.410 e. The second kappa shape index (κ2) is 9.25. The lowest BCUT2D eigenvalue weighted by molar-refractivity contribution is 0.00839. The number of ether oxygens (including phenoxy) is 1. The fraction of sp³-hybridized carbons (Fsp3) is 0.536. The van der Waals surface area contributed by atoms with Crippen molar-refractivity contribution in [3.8, 4) is 0 Å². The van der Waals surface area contributed by atoms with Crippen LogP contribution in [0.15, 0.2) is 54.6 Å². The summed E-state index contributed by atoms with van der Waals surface area (Å²) in [4.78, 5) is 14.4. The van der Waals surface area contributed by atoms with Crippen molar-refractivity contribution in [2.45, 2.75) is 70.8 Å². The summed E-state index contributed by atoms with van der Waals surface area (Å²) in [6.07, 6.45) is 6.31. The lowest BCUT2D eigenvalue weighted by Crippen LogP contribution is -2.46. The molecule has 1 unspecified atom stereocenters. The van der Waals surface area contributed by atoms with Gasteiger partial charge in [-0.2, -0.15) is 0 Å². The predicted octanol–water partition coefficient (Wildman–Crippen LogP) is 6.97. The molecule has 2 aromatic rings. The van der Waals surface area contributed by atoms with Gasteiger partial charge in [0.1, 0.15) is 11.4 Å². The molecule has 1 heterocycles. The second-order valence-corrected chi connectivity index (χ2v) is 10.8. The predicted molar refractivity (Wildman–Crippen MR) is 126 cm³/mol. The lowest BCUT2D eigenvalue weighted by atomic mass is 9.70. The van der Waals surface area contributed by atoms with Crippen LogP contribution in [0.4, 0.5) is 9.18 Å². The van der Waals surface area contributed by atoms with Crippen LogP contribution in [0.5, 0.6) is 0 Å². The van der Waals surface area contributed by atoms with Crippen molar-refractivity contribution in [2.24, 2.45) is 11.3 Å². The van der Waals surface area contributed by atoms with Gasteiger partial charge in [-0.05, 0) is 99.8 Å². The molecule has 0 aromatic heterocycles. The van der Waals surface area contributed by atoms with Crippen molar-refractivity contribution in [3.63, 3.8) is 0 Å². The number of halogens is 1.